The summed E-state index contributed by atoms with van der Waals surface area (Å²) >= 11 is 6.17. The second-order valence-electron chi connectivity index (χ2n) is 9.90. The van der Waals surface area contributed by atoms with Gasteiger partial charge in [0, 0.05) is 40.5 Å². The largest absolute Gasteiger partial charge is 0.366 e. The molecule has 0 aliphatic rings. The maximum atomic E-state index is 11.8. The molecular formula is C32H29ClN4O. The molecule has 0 aliphatic carbocycles. The standard InChI is InChI=1S/C32H29ClN4O/c1-19(2)30-25(6-4-14-35-30)21-10-13-29-23(17-21)8-11-24(37-29)16-20(3)31-26(7-5-15-36-31)22-9-12-28(33)27(18-22)32(34)38/h4-15,17-20H,16H2,1-3H3,(H2,34,38). The highest BCUT2D eigenvalue weighted by Gasteiger charge is 2.17. The molecule has 0 spiro atoms. The highest BCUT2D eigenvalue weighted by molar-refractivity contribution is 6.33. The number of aromatic nitrogens is 3. The Morgan fingerprint density at radius 1 is 0.842 bits per heavy atom. The fourth-order valence-electron chi connectivity index (χ4n) is 4.92. The van der Waals surface area contributed by atoms with Crippen LogP contribution in [0.25, 0.3) is 33.2 Å². The number of nitrogens with zero attached hydrogens (tertiary/aromatic N) is 3. The van der Waals surface area contributed by atoms with E-state index in [0.717, 1.165) is 56.7 Å². The molecule has 1 amide bonds. The van der Waals surface area contributed by atoms with E-state index in [9.17, 15) is 4.79 Å². The number of amides is 1. The maximum Gasteiger partial charge on any atom is 0.250 e. The van der Waals surface area contributed by atoms with Gasteiger partial charge in [-0.1, -0.05) is 62.7 Å². The number of carbonyl (C=O) groups is 1. The molecule has 5 nitrogen and oxygen atoms in total. The Labute approximate surface area is 227 Å². The first-order valence-corrected chi connectivity index (χ1v) is 13.1. The molecular weight excluding hydrogens is 492 g/mol. The van der Waals surface area contributed by atoms with Crippen molar-refractivity contribution >= 4 is 28.4 Å². The number of primary amides is 1. The lowest BCUT2D eigenvalue weighted by molar-refractivity contribution is 0.100. The molecule has 0 bridgehead atoms. The van der Waals surface area contributed by atoms with Gasteiger partial charge in [0.25, 0.3) is 0 Å². The molecule has 5 aromatic rings. The summed E-state index contributed by atoms with van der Waals surface area (Å²) in [5, 5.41) is 1.43. The molecule has 0 aliphatic heterocycles. The zero-order valence-corrected chi connectivity index (χ0v) is 22.4. The van der Waals surface area contributed by atoms with Crippen LogP contribution in [0.5, 0.6) is 0 Å². The fraction of sp³-hybridized carbons (Fsp3) is 0.188. The lowest BCUT2D eigenvalue weighted by Gasteiger charge is -2.16. The van der Waals surface area contributed by atoms with Crippen LogP contribution in [0.3, 0.4) is 0 Å². The molecule has 0 saturated heterocycles. The number of rotatable bonds is 7. The fourth-order valence-corrected chi connectivity index (χ4v) is 5.13. The Hall–Kier alpha value is -4.09. The number of carbonyl (C=O) groups excluding carboxylic acids is 1. The van der Waals surface area contributed by atoms with Crippen molar-refractivity contribution in [1.82, 2.24) is 15.0 Å². The Morgan fingerprint density at radius 2 is 1.50 bits per heavy atom. The predicted molar refractivity (Wildman–Crippen MR) is 154 cm³/mol. The van der Waals surface area contributed by atoms with Crippen molar-refractivity contribution in [3.05, 3.63) is 113 Å². The lowest BCUT2D eigenvalue weighted by atomic mass is 9.92. The van der Waals surface area contributed by atoms with Crippen LogP contribution in [-0.4, -0.2) is 20.9 Å². The van der Waals surface area contributed by atoms with Gasteiger partial charge >= 0.3 is 0 Å². The molecule has 1 unspecified atom stereocenters. The third-order valence-electron chi connectivity index (χ3n) is 6.81. The van der Waals surface area contributed by atoms with Gasteiger partial charge < -0.3 is 5.73 Å². The highest BCUT2D eigenvalue weighted by Crippen LogP contribution is 2.33. The molecule has 0 saturated carbocycles. The summed E-state index contributed by atoms with van der Waals surface area (Å²) in [6, 6.07) is 24.0. The molecule has 3 heterocycles. The van der Waals surface area contributed by atoms with E-state index in [1.807, 2.05) is 30.5 Å². The summed E-state index contributed by atoms with van der Waals surface area (Å²) in [7, 11) is 0. The van der Waals surface area contributed by atoms with Crippen molar-refractivity contribution in [3.63, 3.8) is 0 Å². The van der Waals surface area contributed by atoms with E-state index in [4.69, 9.17) is 27.3 Å². The van der Waals surface area contributed by atoms with Crippen LogP contribution in [0.15, 0.2) is 85.2 Å². The van der Waals surface area contributed by atoms with E-state index >= 15 is 0 Å². The van der Waals surface area contributed by atoms with Crippen LogP contribution in [0, 0.1) is 0 Å². The number of hydrogen-bond acceptors (Lipinski definition) is 4. The van der Waals surface area contributed by atoms with E-state index in [2.05, 4.69) is 62.2 Å². The van der Waals surface area contributed by atoms with Gasteiger partial charge in [-0.2, -0.15) is 0 Å². The van der Waals surface area contributed by atoms with Crippen molar-refractivity contribution in [3.8, 4) is 22.3 Å². The van der Waals surface area contributed by atoms with E-state index in [0.29, 0.717) is 16.5 Å². The molecule has 2 N–H and O–H groups in total. The van der Waals surface area contributed by atoms with Crippen molar-refractivity contribution in [2.75, 3.05) is 0 Å². The average Bonchev–Trinajstić information content (AvgIpc) is 2.93. The summed E-state index contributed by atoms with van der Waals surface area (Å²) < 4.78 is 0. The smallest absolute Gasteiger partial charge is 0.250 e. The third kappa shape index (κ3) is 5.15. The quantitative estimate of drug-likeness (QED) is 0.240. The van der Waals surface area contributed by atoms with Crippen LogP contribution < -0.4 is 5.73 Å². The summed E-state index contributed by atoms with van der Waals surface area (Å²) in [5.74, 6) is -0.120. The maximum absolute atomic E-state index is 11.8. The Morgan fingerprint density at radius 3 is 2.21 bits per heavy atom. The third-order valence-corrected chi connectivity index (χ3v) is 7.14. The van der Waals surface area contributed by atoms with E-state index in [1.165, 1.54) is 0 Å². The number of pyridine rings is 3. The van der Waals surface area contributed by atoms with Gasteiger partial charge in [-0.15, -0.1) is 0 Å². The van der Waals surface area contributed by atoms with E-state index < -0.39 is 5.91 Å². The van der Waals surface area contributed by atoms with Crippen LogP contribution in [0.1, 0.15) is 60.0 Å². The normalized spacial score (nSPS) is 12.1. The summed E-state index contributed by atoms with van der Waals surface area (Å²) in [6.07, 6.45) is 4.36. The van der Waals surface area contributed by atoms with Gasteiger partial charge in [-0.3, -0.25) is 19.7 Å². The average molecular weight is 521 g/mol. The van der Waals surface area contributed by atoms with Gasteiger partial charge in [-0.25, -0.2) is 0 Å². The Balaban J connectivity index is 1.43. The lowest BCUT2D eigenvalue weighted by Crippen LogP contribution is -2.12. The summed E-state index contributed by atoms with van der Waals surface area (Å²) in [4.78, 5) is 26.1. The van der Waals surface area contributed by atoms with Crippen LogP contribution >= 0.6 is 11.6 Å². The van der Waals surface area contributed by atoms with Crippen LogP contribution in [-0.2, 0) is 6.42 Å². The molecule has 2 aromatic carbocycles. The number of hydrogen-bond donors (Lipinski definition) is 1. The zero-order valence-electron chi connectivity index (χ0n) is 21.6. The number of halogens is 1. The molecule has 38 heavy (non-hydrogen) atoms. The van der Waals surface area contributed by atoms with Crippen molar-refractivity contribution in [1.29, 1.82) is 0 Å². The number of nitrogens with two attached hydrogens (primary N) is 1. The van der Waals surface area contributed by atoms with Crippen molar-refractivity contribution in [2.24, 2.45) is 5.73 Å². The van der Waals surface area contributed by atoms with Gasteiger partial charge in [0.1, 0.15) is 0 Å². The molecule has 5 rings (SSSR count). The first kappa shape index (κ1) is 25.6. The Kier molecular flexibility index (Phi) is 7.21. The van der Waals surface area contributed by atoms with Crippen molar-refractivity contribution < 1.29 is 4.79 Å². The van der Waals surface area contributed by atoms with Gasteiger partial charge in [0.15, 0.2) is 0 Å². The predicted octanol–water partition coefficient (Wildman–Crippen LogP) is 7.58. The molecule has 190 valence electrons. The second kappa shape index (κ2) is 10.7. The first-order valence-electron chi connectivity index (χ1n) is 12.7. The molecule has 0 radical (unpaired) electrons. The second-order valence-corrected chi connectivity index (χ2v) is 10.3. The van der Waals surface area contributed by atoms with Crippen LogP contribution in [0.2, 0.25) is 5.02 Å². The summed E-state index contributed by atoms with van der Waals surface area (Å²) in [6.45, 7) is 6.47. The molecule has 0 fully saturated rings. The van der Waals surface area contributed by atoms with E-state index in [-0.39, 0.29) is 5.92 Å². The minimum absolute atomic E-state index is 0.0899. The first-order chi connectivity index (χ1) is 18.3. The molecule has 6 heteroatoms. The van der Waals surface area contributed by atoms with Crippen molar-refractivity contribution in [2.45, 2.75) is 39.0 Å². The SMILES string of the molecule is CC(C)c1ncccc1-c1ccc2nc(CC(C)c3ncccc3-c3ccc(Cl)c(C(N)=O)c3)ccc2c1. The zero-order chi connectivity index (χ0) is 26.8. The highest BCUT2D eigenvalue weighted by atomic mass is 35.5. The van der Waals surface area contributed by atoms with E-state index in [1.54, 1.807) is 18.3 Å². The van der Waals surface area contributed by atoms with Gasteiger partial charge in [0.05, 0.1) is 27.5 Å². The van der Waals surface area contributed by atoms with Crippen LogP contribution in [0.4, 0.5) is 0 Å². The number of fused-ring (bicyclic) bond motifs is 1. The van der Waals surface area contributed by atoms with Gasteiger partial charge in [0.2, 0.25) is 5.91 Å². The number of benzene rings is 2. The molecule has 1 atom stereocenters. The van der Waals surface area contributed by atoms with Gasteiger partial charge in [-0.05, 0) is 65.9 Å². The minimum atomic E-state index is -0.553. The summed E-state index contributed by atoms with van der Waals surface area (Å²) in [5.41, 5.74) is 13.9. The monoisotopic (exact) mass is 520 g/mol. The topological polar surface area (TPSA) is 81.8 Å². The minimum Gasteiger partial charge on any atom is -0.366 e. The Bertz CT molecular complexity index is 1650. The molecule has 3 aromatic heterocycles.